The van der Waals surface area contributed by atoms with Crippen LogP contribution in [0, 0.1) is 0 Å². The normalized spacial score (nSPS) is 10.2. The second kappa shape index (κ2) is 4.97. The number of Topliss-reactive ketones (excluding diaryl/α,β-unsaturated/α-hetero) is 1. The molecular weight excluding hydrogens is 236 g/mol. The first-order chi connectivity index (χ1) is 8.18. The van der Waals surface area contributed by atoms with Crippen molar-refractivity contribution in [2.45, 2.75) is 6.54 Å². The highest BCUT2D eigenvalue weighted by atomic mass is 32.1. The fraction of sp³-hybridized carbons (Fsp3) is 0.167. The van der Waals surface area contributed by atoms with Crippen LogP contribution in [0.4, 0.5) is 0 Å². The molecule has 2 aromatic heterocycles. The van der Waals surface area contributed by atoms with E-state index in [1.54, 1.807) is 41.3 Å². The molecule has 2 heterocycles. The number of aromatic nitrogens is 1. The Bertz CT molecular complexity index is 528. The third kappa shape index (κ3) is 2.62. The summed E-state index contributed by atoms with van der Waals surface area (Å²) in [6.07, 6.45) is 1.74. The second-order valence-electron chi connectivity index (χ2n) is 3.60. The van der Waals surface area contributed by atoms with E-state index in [0.29, 0.717) is 12.2 Å². The summed E-state index contributed by atoms with van der Waals surface area (Å²) < 4.78 is 1.63. The second-order valence-corrected chi connectivity index (χ2v) is 4.63. The molecule has 0 fully saturated rings. The van der Waals surface area contributed by atoms with Gasteiger partial charge in [0.2, 0.25) is 0 Å². The standard InChI is InChI=1S/C12H12N2O2S/c1-14-6-2-5-10(14)11(15)12(16)13-8-9-4-3-7-17-9/h2-7H,8H2,1H3,(H,13,16). The number of thiophene rings is 1. The van der Waals surface area contributed by atoms with Gasteiger partial charge in [-0.2, -0.15) is 0 Å². The van der Waals surface area contributed by atoms with Gasteiger partial charge in [0.05, 0.1) is 12.2 Å². The number of amides is 1. The Kier molecular flexibility index (Phi) is 3.39. The highest BCUT2D eigenvalue weighted by Gasteiger charge is 2.17. The van der Waals surface area contributed by atoms with Gasteiger partial charge in [0.1, 0.15) is 0 Å². The summed E-state index contributed by atoms with van der Waals surface area (Å²) in [4.78, 5) is 24.4. The lowest BCUT2D eigenvalue weighted by atomic mass is 10.2. The van der Waals surface area contributed by atoms with Crippen LogP contribution in [0.2, 0.25) is 0 Å². The molecule has 0 unspecified atom stereocenters. The van der Waals surface area contributed by atoms with Crippen molar-refractivity contribution in [1.29, 1.82) is 0 Å². The fourth-order valence-corrected chi connectivity index (χ4v) is 2.12. The van der Waals surface area contributed by atoms with Gasteiger partial charge in [-0.15, -0.1) is 11.3 Å². The van der Waals surface area contributed by atoms with E-state index >= 15 is 0 Å². The Balaban J connectivity index is 1.97. The van der Waals surface area contributed by atoms with Gasteiger partial charge in [-0.05, 0) is 23.6 Å². The Labute approximate surface area is 103 Å². The zero-order chi connectivity index (χ0) is 12.3. The average molecular weight is 248 g/mol. The molecule has 0 bridgehead atoms. The molecule has 0 aliphatic heterocycles. The monoisotopic (exact) mass is 248 g/mol. The predicted octanol–water partition coefficient (Wildman–Crippen LogP) is 1.59. The minimum atomic E-state index is -0.569. The van der Waals surface area contributed by atoms with Crippen LogP contribution in [0.5, 0.6) is 0 Å². The topological polar surface area (TPSA) is 51.1 Å². The maximum atomic E-state index is 11.8. The van der Waals surface area contributed by atoms with Crippen molar-refractivity contribution in [2.75, 3.05) is 0 Å². The maximum absolute atomic E-state index is 11.8. The summed E-state index contributed by atoms with van der Waals surface area (Å²) in [6.45, 7) is 0.395. The zero-order valence-electron chi connectivity index (χ0n) is 9.34. The van der Waals surface area contributed by atoms with Gasteiger partial charge < -0.3 is 9.88 Å². The lowest BCUT2D eigenvalue weighted by molar-refractivity contribution is -0.117. The Morgan fingerprint density at radius 1 is 1.35 bits per heavy atom. The van der Waals surface area contributed by atoms with E-state index in [4.69, 9.17) is 0 Å². The number of carbonyl (C=O) groups excluding carboxylic acids is 2. The summed E-state index contributed by atoms with van der Waals surface area (Å²) >= 11 is 1.55. The predicted molar refractivity (Wildman–Crippen MR) is 65.9 cm³/mol. The molecule has 1 amide bonds. The van der Waals surface area contributed by atoms with Gasteiger partial charge >= 0.3 is 0 Å². The Morgan fingerprint density at radius 3 is 2.76 bits per heavy atom. The molecule has 0 aliphatic rings. The van der Waals surface area contributed by atoms with Crippen molar-refractivity contribution in [1.82, 2.24) is 9.88 Å². The number of rotatable bonds is 4. The summed E-state index contributed by atoms with van der Waals surface area (Å²) in [5.74, 6) is -1.07. The molecule has 0 atom stereocenters. The van der Waals surface area contributed by atoms with Crippen molar-refractivity contribution in [3.8, 4) is 0 Å². The molecule has 17 heavy (non-hydrogen) atoms. The summed E-state index contributed by atoms with van der Waals surface area (Å²) in [6, 6.07) is 7.19. The van der Waals surface area contributed by atoms with Crippen LogP contribution in [-0.4, -0.2) is 16.3 Å². The van der Waals surface area contributed by atoms with Crippen molar-refractivity contribution in [3.05, 3.63) is 46.4 Å². The molecular formula is C12H12N2O2S. The third-order valence-electron chi connectivity index (χ3n) is 2.39. The van der Waals surface area contributed by atoms with Gasteiger partial charge in [0.15, 0.2) is 0 Å². The van der Waals surface area contributed by atoms with Crippen LogP contribution < -0.4 is 5.32 Å². The van der Waals surface area contributed by atoms with E-state index in [1.807, 2.05) is 17.5 Å². The first-order valence-electron chi connectivity index (χ1n) is 5.14. The smallest absolute Gasteiger partial charge is 0.294 e. The number of aryl methyl sites for hydroxylation is 1. The number of nitrogens with zero attached hydrogens (tertiary/aromatic N) is 1. The van der Waals surface area contributed by atoms with E-state index < -0.39 is 11.7 Å². The minimum absolute atomic E-state index is 0.395. The maximum Gasteiger partial charge on any atom is 0.294 e. The van der Waals surface area contributed by atoms with Crippen LogP contribution in [-0.2, 0) is 18.4 Å². The molecule has 0 aliphatic carbocycles. The molecule has 0 saturated carbocycles. The minimum Gasteiger partial charge on any atom is -0.348 e. The van der Waals surface area contributed by atoms with Crippen LogP contribution in [0.1, 0.15) is 15.4 Å². The lowest BCUT2D eigenvalue weighted by Gasteiger charge is -2.03. The average Bonchev–Trinajstić information content (AvgIpc) is 2.95. The first-order valence-corrected chi connectivity index (χ1v) is 6.02. The number of hydrogen-bond acceptors (Lipinski definition) is 3. The Morgan fingerprint density at radius 2 is 2.18 bits per heavy atom. The molecule has 0 spiro atoms. The summed E-state index contributed by atoms with van der Waals surface area (Å²) in [5, 5.41) is 4.54. The van der Waals surface area contributed by atoms with E-state index in [2.05, 4.69) is 5.32 Å². The number of ketones is 1. The number of hydrogen-bond donors (Lipinski definition) is 1. The van der Waals surface area contributed by atoms with E-state index in [1.165, 1.54) is 0 Å². The van der Waals surface area contributed by atoms with E-state index in [9.17, 15) is 9.59 Å². The zero-order valence-corrected chi connectivity index (χ0v) is 10.2. The summed E-state index contributed by atoms with van der Waals surface area (Å²) in [7, 11) is 1.74. The quantitative estimate of drug-likeness (QED) is 0.660. The highest BCUT2D eigenvalue weighted by Crippen LogP contribution is 2.07. The fourth-order valence-electron chi connectivity index (χ4n) is 1.47. The largest absolute Gasteiger partial charge is 0.348 e. The van der Waals surface area contributed by atoms with Crippen LogP contribution in [0.15, 0.2) is 35.8 Å². The van der Waals surface area contributed by atoms with Gasteiger partial charge in [0.25, 0.3) is 11.7 Å². The molecule has 88 valence electrons. The number of carbonyl (C=O) groups is 2. The van der Waals surface area contributed by atoms with E-state index in [0.717, 1.165) is 4.88 Å². The molecule has 4 nitrogen and oxygen atoms in total. The van der Waals surface area contributed by atoms with Gasteiger partial charge in [-0.25, -0.2) is 0 Å². The molecule has 0 saturated heterocycles. The number of nitrogens with one attached hydrogen (secondary N) is 1. The van der Waals surface area contributed by atoms with Crippen LogP contribution in [0.3, 0.4) is 0 Å². The highest BCUT2D eigenvalue weighted by molar-refractivity contribution is 7.09. The van der Waals surface area contributed by atoms with Crippen molar-refractivity contribution in [3.63, 3.8) is 0 Å². The van der Waals surface area contributed by atoms with Crippen molar-refractivity contribution < 1.29 is 9.59 Å². The van der Waals surface area contributed by atoms with Gasteiger partial charge in [-0.1, -0.05) is 6.07 Å². The van der Waals surface area contributed by atoms with Crippen molar-refractivity contribution in [2.24, 2.45) is 7.05 Å². The molecule has 0 radical (unpaired) electrons. The molecule has 1 N–H and O–H groups in total. The van der Waals surface area contributed by atoms with Crippen molar-refractivity contribution >= 4 is 23.0 Å². The lowest BCUT2D eigenvalue weighted by Crippen LogP contribution is -2.31. The van der Waals surface area contributed by atoms with Crippen LogP contribution in [0.25, 0.3) is 0 Å². The molecule has 0 aromatic carbocycles. The molecule has 2 rings (SSSR count). The first kappa shape index (κ1) is 11.6. The van der Waals surface area contributed by atoms with Gasteiger partial charge in [-0.3, -0.25) is 9.59 Å². The van der Waals surface area contributed by atoms with Gasteiger partial charge in [0, 0.05) is 18.1 Å². The van der Waals surface area contributed by atoms with E-state index in [-0.39, 0.29) is 0 Å². The molecule has 2 aromatic rings. The third-order valence-corrected chi connectivity index (χ3v) is 3.26. The SMILES string of the molecule is Cn1cccc1C(=O)C(=O)NCc1cccs1. The van der Waals surface area contributed by atoms with Crippen LogP contribution >= 0.6 is 11.3 Å². The molecule has 5 heteroatoms. The summed E-state index contributed by atoms with van der Waals surface area (Å²) in [5.41, 5.74) is 0.397. The Hall–Kier alpha value is -1.88.